The number of carbonyl (C=O) groups excluding carboxylic acids is 3. The average Bonchev–Trinajstić information content (AvgIpc) is 3.77. The van der Waals surface area contributed by atoms with E-state index < -0.39 is 29.9 Å². The van der Waals surface area contributed by atoms with Gasteiger partial charge >= 0.3 is 17.9 Å². The quantitative estimate of drug-likeness (QED) is 0.341. The van der Waals surface area contributed by atoms with Crippen molar-refractivity contribution in [3.63, 3.8) is 0 Å². The summed E-state index contributed by atoms with van der Waals surface area (Å²) in [5.74, 6) is -2.51. The van der Waals surface area contributed by atoms with Gasteiger partial charge in [-0.2, -0.15) is 0 Å². The zero-order chi connectivity index (χ0) is 29.6. The number of nitrogens with one attached hydrogen (secondary N) is 1. The topological polar surface area (TPSA) is 141 Å². The molecule has 1 heterocycles. The summed E-state index contributed by atoms with van der Waals surface area (Å²) in [5.41, 5.74) is 0.320. The van der Waals surface area contributed by atoms with Gasteiger partial charge in [0.1, 0.15) is 24.2 Å². The molecule has 0 radical (unpaired) electrons. The van der Waals surface area contributed by atoms with Crippen molar-refractivity contribution >= 4 is 29.9 Å². The first-order valence-corrected chi connectivity index (χ1v) is 13.2. The van der Waals surface area contributed by atoms with Crippen molar-refractivity contribution < 1.29 is 38.5 Å². The molecule has 40 heavy (non-hydrogen) atoms. The lowest BCUT2D eigenvalue weighted by Crippen LogP contribution is -2.29. The minimum absolute atomic E-state index is 0.0202. The molecule has 0 saturated heterocycles. The molecule has 2 aromatic rings. The van der Waals surface area contributed by atoms with E-state index in [1.54, 1.807) is 13.8 Å². The number of hydrogen-bond acceptors (Lipinski definition) is 8. The first kappa shape index (κ1) is 30.3. The van der Waals surface area contributed by atoms with E-state index in [1.807, 2.05) is 13.8 Å². The molecule has 214 valence electrons. The van der Waals surface area contributed by atoms with E-state index in [0.29, 0.717) is 23.8 Å². The fourth-order valence-electron chi connectivity index (χ4n) is 3.81. The van der Waals surface area contributed by atoms with Crippen LogP contribution in [0.25, 0.3) is 17.2 Å². The second-order valence-electron chi connectivity index (χ2n) is 10.3. The van der Waals surface area contributed by atoms with Crippen LogP contribution in [-0.4, -0.2) is 60.3 Å². The molecule has 0 bridgehead atoms. The average molecular weight is 553 g/mol. The Morgan fingerprint density at radius 3 is 2.40 bits per heavy atom. The van der Waals surface area contributed by atoms with E-state index in [4.69, 9.17) is 14.2 Å². The molecule has 1 aliphatic rings. The number of ether oxygens (including phenoxy) is 3. The molecule has 2 atom stereocenters. The second kappa shape index (κ2) is 13.2. The fourth-order valence-corrected chi connectivity index (χ4v) is 3.81. The van der Waals surface area contributed by atoms with E-state index in [1.165, 1.54) is 37.5 Å². The Labute approximate surface area is 233 Å². The normalized spacial score (nSPS) is 14.2. The Morgan fingerprint density at radius 1 is 1.12 bits per heavy atom. The van der Waals surface area contributed by atoms with Crippen molar-refractivity contribution in [2.24, 2.45) is 17.8 Å². The van der Waals surface area contributed by atoms with Gasteiger partial charge in [-0.15, -0.1) is 0 Å². The van der Waals surface area contributed by atoms with Crippen LogP contribution in [0, 0.1) is 17.8 Å². The predicted octanol–water partition coefficient (Wildman–Crippen LogP) is 4.62. The molecule has 1 amide bonds. The zero-order valence-corrected chi connectivity index (χ0v) is 23.5. The minimum Gasteiger partial charge on any atom is -0.496 e. The molecular formula is C30H36N2O8. The number of pyridine rings is 1. The van der Waals surface area contributed by atoms with Crippen molar-refractivity contribution in [1.29, 1.82) is 0 Å². The van der Waals surface area contributed by atoms with Crippen molar-refractivity contribution in [3.8, 4) is 16.9 Å². The van der Waals surface area contributed by atoms with Gasteiger partial charge in [0, 0.05) is 23.2 Å². The van der Waals surface area contributed by atoms with E-state index in [2.05, 4.69) is 16.9 Å². The largest absolute Gasteiger partial charge is 0.496 e. The van der Waals surface area contributed by atoms with Gasteiger partial charge in [0.25, 0.3) is 5.91 Å². The van der Waals surface area contributed by atoms with Gasteiger partial charge in [0.2, 0.25) is 0 Å². The number of carbonyl (C=O) groups is 4. The number of hydrogen-bond donors (Lipinski definition) is 2. The van der Waals surface area contributed by atoms with Crippen LogP contribution in [0.5, 0.6) is 5.75 Å². The van der Waals surface area contributed by atoms with Crippen molar-refractivity contribution in [2.45, 2.75) is 46.6 Å². The van der Waals surface area contributed by atoms with Crippen LogP contribution < -0.4 is 10.1 Å². The first-order chi connectivity index (χ1) is 19.0. The summed E-state index contributed by atoms with van der Waals surface area (Å²) in [6.07, 6.45) is 2.80. The van der Waals surface area contributed by atoms with E-state index >= 15 is 0 Å². The van der Waals surface area contributed by atoms with Crippen LogP contribution in [0.4, 0.5) is 0 Å². The number of benzene rings is 1. The summed E-state index contributed by atoms with van der Waals surface area (Å²) >= 11 is 0. The summed E-state index contributed by atoms with van der Waals surface area (Å²) < 4.78 is 16.2. The Bertz CT molecular complexity index is 1300. The van der Waals surface area contributed by atoms with Gasteiger partial charge in [-0.25, -0.2) is 14.6 Å². The molecule has 1 saturated carbocycles. The molecule has 3 rings (SSSR count). The molecule has 1 aliphatic carbocycles. The number of carboxylic acid groups (broad SMARTS) is 1. The summed E-state index contributed by atoms with van der Waals surface area (Å²) in [5, 5.41) is 12.7. The third-order valence-electron chi connectivity index (χ3n) is 6.82. The monoisotopic (exact) mass is 552 g/mol. The number of carboxylic acids is 1. The highest BCUT2D eigenvalue weighted by Gasteiger charge is 2.27. The highest BCUT2D eigenvalue weighted by molar-refractivity contribution is 6.03. The second-order valence-corrected chi connectivity index (χ2v) is 10.3. The molecule has 10 heteroatoms. The van der Waals surface area contributed by atoms with Crippen molar-refractivity contribution in [1.82, 2.24) is 10.3 Å². The number of amides is 1. The zero-order valence-electron chi connectivity index (χ0n) is 23.5. The van der Waals surface area contributed by atoms with Gasteiger partial charge in [-0.05, 0) is 55.9 Å². The minimum atomic E-state index is -1.24. The lowest BCUT2D eigenvalue weighted by molar-refractivity contribution is -0.156. The van der Waals surface area contributed by atoms with Gasteiger partial charge in [-0.3, -0.25) is 9.59 Å². The van der Waals surface area contributed by atoms with Gasteiger partial charge in [0.05, 0.1) is 18.6 Å². The number of methoxy groups -OCH3 is 1. The maximum absolute atomic E-state index is 13.3. The van der Waals surface area contributed by atoms with E-state index in [0.717, 1.165) is 12.8 Å². The fraction of sp³-hybridized carbons (Fsp3) is 0.433. The van der Waals surface area contributed by atoms with Gasteiger partial charge in [-0.1, -0.05) is 33.4 Å². The van der Waals surface area contributed by atoms with Crippen molar-refractivity contribution in [3.05, 3.63) is 53.4 Å². The third-order valence-corrected chi connectivity index (χ3v) is 6.82. The maximum atomic E-state index is 13.3. The standard InChI is InChI=1S/C30H36N2O8/c1-7-20-12-23(28(34)35)22(13-25(20)38-6)21-10-11-24(27(33)31-14-19-8-9-19)32-26(21)30(37)39-15-17(4)40-29(36)18(5)16(2)3/h7,10-13,16-19H,1,8-9,14-15H2,2-6H3,(H,31,33)(H,34,35)/t17?,18-/m0/s1. The predicted molar refractivity (Wildman–Crippen MR) is 148 cm³/mol. The maximum Gasteiger partial charge on any atom is 0.357 e. The Balaban J connectivity index is 1.97. The lowest BCUT2D eigenvalue weighted by atomic mass is 9.95. The summed E-state index contributed by atoms with van der Waals surface area (Å²) in [6.45, 7) is 11.1. The van der Waals surface area contributed by atoms with E-state index in [-0.39, 0.29) is 46.5 Å². The number of aromatic nitrogens is 1. The first-order valence-electron chi connectivity index (χ1n) is 13.2. The molecule has 0 aliphatic heterocycles. The third kappa shape index (κ3) is 7.46. The van der Waals surface area contributed by atoms with Crippen molar-refractivity contribution in [2.75, 3.05) is 20.3 Å². The number of rotatable bonds is 13. The van der Waals surface area contributed by atoms with E-state index in [9.17, 15) is 24.3 Å². The number of esters is 2. The summed E-state index contributed by atoms with van der Waals surface area (Å²) in [4.78, 5) is 54.8. The Hall–Kier alpha value is -4.21. The van der Waals surface area contributed by atoms with Crippen LogP contribution in [0.15, 0.2) is 30.8 Å². The molecule has 0 spiro atoms. The Morgan fingerprint density at radius 2 is 1.82 bits per heavy atom. The SMILES string of the molecule is C=Cc1cc(C(=O)O)c(-c2ccc(C(=O)NCC3CC3)nc2C(=O)OCC(C)OC(=O)[C@@H](C)C(C)C)cc1OC. The highest BCUT2D eigenvalue weighted by Crippen LogP contribution is 2.34. The van der Waals surface area contributed by atoms with Crippen LogP contribution in [0.3, 0.4) is 0 Å². The highest BCUT2D eigenvalue weighted by atomic mass is 16.6. The molecule has 1 aromatic heterocycles. The van der Waals surface area contributed by atoms with Crippen LogP contribution >= 0.6 is 0 Å². The smallest absolute Gasteiger partial charge is 0.357 e. The molecule has 1 fully saturated rings. The van der Waals surface area contributed by atoms with Crippen LogP contribution in [-0.2, 0) is 14.3 Å². The lowest BCUT2D eigenvalue weighted by Gasteiger charge is -2.19. The molecular weight excluding hydrogens is 516 g/mol. The summed E-state index contributed by atoms with van der Waals surface area (Å²) in [7, 11) is 1.43. The van der Waals surface area contributed by atoms with Gasteiger partial charge in [0.15, 0.2) is 5.69 Å². The molecule has 10 nitrogen and oxygen atoms in total. The molecule has 2 N–H and O–H groups in total. The van der Waals surface area contributed by atoms with Crippen LogP contribution in [0.1, 0.15) is 77.4 Å². The molecule has 1 aromatic carbocycles. The molecule has 1 unspecified atom stereocenters. The number of aromatic carboxylic acids is 1. The summed E-state index contributed by atoms with van der Waals surface area (Å²) in [6, 6.07) is 5.73. The van der Waals surface area contributed by atoms with Crippen LogP contribution in [0.2, 0.25) is 0 Å². The Kier molecular flexibility index (Phi) is 10.0. The van der Waals surface area contributed by atoms with Gasteiger partial charge < -0.3 is 24.6 Å². The number of nitrogens with zero attached hydrogens (tertiary/aromatic N) is 1.